The lowest BCUT2D eigenvalue weighted by Gasteiger charge is -2.34. The number of ether oxygens (including phenoxy) is 1. The van der Waals surface area contributed by atoms with Gasteiger partial charge in [0.2, 0.25) is 5.95 Å². The molecule has 1 aromatic heterocycles. The summed E-state index contributed by atoms with van der Waals surface area (Å²) in [5.74, 6) is 1.81. The Bertz CT molecular complexity index is 860. The van der Waals surface area contributed by atoms with E-state index >= 15 is 0 Å². The molecule has 1 fully saturated rings. The average molecular weight is 390 g/mol. The van der Waals surface area contributed by atoms with Gasteiger partial charge in [-0.3, -0.25) is 0 Å². The van der Waals surface area contributed by atoms with Crippen molar-refractivity contribution in [1.29, 1.82) is 0 Å². The maximum Gasteiger partial charge on any atom is 0.225 e. The second-order valence-electron chi connectivity index (χ2n) is 7.14. The molecular formula is C20H27N3O3S. The molecule has 0 amide bonds. The molecule has 0 saturated carbocycles. The van der Waals surface area contributed by atoms with Crippen LogP contribution in [-0.2, 0) is 16.3 Å². The van der Waals surface area contributed by atoms with E-state index in [1.54, 1.807) is 18.2 Å². The summed E-state index contributed by atoms with van der Waals surface area (Å²) in [5, 5.41) is 0. The second kappa shape index (κ2) is 8.25. The fourth-order valence-electron chi connectivity index (χ4n) is 3.35. The van der Waals surface area contributed by atoms with Crippen molar-refractivity contribution < 1.29 is 13.2 Å². The number of hydrogen-bond acceptors (Lipinski definition) is 6. The van der Waals surface area contributed by atoms with Crippen molar-refractivity contribution in [2.45, 2.75) is 44.1 Å². The van der Waals surface area contributed by atoms with Crippen molar-refractivity contribution >= 4 is 15.8 Å². The number of benzene rings is 1. The van der Waals surface area contributed by atoms with Gasteiger partial charge >= 0.3 is 0 Å². The minimum absolute atomic E-state index is 0.0188. The Morgan fingerprint density at radius 3 is 2.48 bits per heavy atom. The molecule has 6 nitrogen and oxygen atoms in total. The number of anilines is 1. The lowest BCUT2D eigenvalue weighted by Crippen LogP contribution is -2.39. The fraction of sp³-hybridized carbons (Fsp3) is 0.500. The molecule has 0 aliphatic carbocycles. The van der Waals surface area contributed by atoms with Gasteiger partial charge in [-0.05, 0) is 55.9 Å². The van der Waals surface area contributed by atoms with E-state index in [2.05, 4.69) is 28.7 Å². The van der Waals surface area contributed by atoms with E-state index in [-0.39, 0.29) is 11.0 Å². The Morgan fingerprint density at radius 2 is 1.89 bits per heavy atom. The summed E-state index contributed by atoms with van der Waals surface area (Å²) in [6.45, 7) is 5.94. The molecule has 1 atom stereocenters. The first-order valence-electron chi connectivity index (χ1n) is 9.39. The summed E-state index contributed by atoms with van der Waals surface area (Å²) in [4.78, 5) is 11.4. The second-order valence-corrected chi connectivity index (χ2v) is 9.16. The molecule has 27 heavy (non-hydrogen) atoms. The van der Waals surface area contributed by atoms with Gasteiger partial charge in [-0.1, -0.05) is 13.0 Å². The van der Waals surface area contributed by atoms with Crippen molar-refractivity contribution in [2.75, 3.05) is 24.2 Å². The largest absolute Gasteiger partial charge is 0.490 e. The van der Waals surface area contributed by atoms with Crippen LogP contribution in [0.25, 0.3) is 0 Å². The van der Waals surface area contributed by atoms with E-state index in [1.165, 1.54) is 6.26 Å². The SMILES string of the molecule is CCc1cnc(N2CCC([C@H](C)Oc3cccc(S(C)(=O)=O)c3)CC2)nc1. The van der Waals surface area contributed by atoms with Crippen molar-refractivity contribution in [3.05, 3.63) is 42.2 Å². The van der Waals surface area contributed by atoms with E-state index in [1.807, 2.05) is 18.5 Å². The lowest BCUT2D eigenvalue weighted by atomic mass is 9.92. The van der Waals surface area contributed by atoms with Crippen LogP contribution >= 0.6 is 0 Å². The minimum atomic E-state index is -3.23. The highest BCUT2D eigenvalue weighted by Crippen LogP contribution is 2.27. The molecule has 0 N–H and O–H groups in total. The molecule has 2 heterocycles. The third-order valence-electron chi connectivity index (χ3n) is 5.14. The monoisotopic (exact) mass is 389 g/mol. The normalized spacial score (nSPS) is 16.9. The van der Waals surface area contributed by atoms with Gasteiger partial charge in [0.1, 0.15) is 5.75 Å². The Labute approximate surface area is 161 Å². The molecule has 2 aromatic rings. The van der Waals surface area contributed by atoms with Crippen LogP contribution in [0.1, 0.15) is 32.3 Å². The fourth-order valence-corrected chi connectivity index (χ4v) is 4.01. The Kier molecular flexibility index (Phi) is 5.99. The molecule has 0 unspecified atom stereocenters. The Morgan fingerprint density at radius 1 is 1.22 bits per heavy atom. The van der Waals surface area contributed by atoms with E-state index in [0.717, 1.165) is 43.9 Å². The maximum atomic E-state index is 11.7. The predicted molar refractivity (Wildman–Crippen MR) is 106 cm³/mol. The average Bonchev–Trinajstić information content (AvgIpc) is 2.68. The molecule has 1 aliphatic rings. The quantitative estimate of drug-likeness (QED) is 0.756. The van der Waals surface area contributed by atoms with Gasteiger partial charge in [-0.15, -0.1) is 0 Å². The maximum absolute atomic E-state index is 11.7. The summed E-state index contributed by atoms with van der Waals surface area (Å²) in [7, 11) is -3.23. The Hall–Kier alpha value is -2.15. The first kappa shape index (κ1) is 19.6. The van der Waals surface area contributed by atoms with Crippen LogP contribution in [0.5, 0.6) is 5.75 Å². The molecule has 1 aliphatic heterocycles. The molecule has 1 saturated heterocycles. The van der Waals surface area contributed by atoms with Crippen molar-refractivity contribution in [3.63, 3.8) is 0 Å². The van der Waals surface area contributed by atoms with Crippen LogP contribution in [0.2, 0.25) is 0 Å². The van der Waals surface area contributed by atoms with Crippen LogP contribution in [-0.4, -0.2) is 43.8 Å². The van der Waals surface area contributed by atoms with Gasteiger partial charge in [0, 0.05) is 31.7 Å². The van der Waals surface area contributed by atoms with Crippen molar-refractivity contribution in [1.82, 2.24) is 9.97 Å². The number of piperidine rings is 1. The molecule has 146 valence electrons. The summed E-state index contributed by atoms with van der Waals surface area (Å²) >= 11 is 0. The van der Waals surface area contributed by atoms with Gasteiger partial charge < -0.3 is 9.64 Å². The number of hydrogen-bond donors (Lipinski definition) is 0. The highest BCUT2D eigenvalue weighted by atomic mass is 32.2. The molecule has 7 heteroatoms. The first-order valence-corrected chi connectivity index (χ1v) is 11.3. The third kappa shape index (κ3) is 4.97. The van der Waals surface area contributed by atoms with E-state index < -0.39 is 9.84 Å². The van der Waals surface area contributed by atoms with E-state index in [9.17, 15) is 8.42 Å². The van der Waals surface area contributed by atoms with Crippen LogP contribution in [0.3, 0.4) is 0 Å². The smallest absolute Gasteiger partial charge is 0.225 e. The zero-order valence-electron chi connectivity index (χ0n) is 16.1. The van der Waals surface area contributed by atoms with Crippen LogP contribution in [0.15, 0.2) is 41.6 Å². The van der Waals surface area contributed by atoms with Crippen molar-refractivity contribution in [2.24, 2.45) is 5.92 Å². The van der Waals surface area contributed by atoms with Gasteiger partial charge in [-0.25, -0.2) is 18.4 Å². The topological polar surface area (TPSA) is 72.4 Å². The van der Waals surface area contributed by atoms with E-state index in [4.69, 9.17) is 4.74 Å². The summed E-state index contributed by atoms with van der Waals surface area (Å²) in [6.07, 6.45) is 7.95. The van der Waals surface area contributed by atoms with Crippen LogP contribution in [0, 0.1) is 5.92 Å². The van der Waals surface area contributed by atoms with E-state index in [0.29, 0.717) is 11.7 Å². The molecule has 0 radical (unpaired) electrons. The number of aromatic nitrogens is 2. The summed E-state index contributed by atoms with van der Waals surface area (Å²) < 4.78 is 29.5. The number of rotatable bonds is 6. The van der Waals surface area contributed by atoms with Gasteiger partial charge in [-0.2, -0.15) is 0 Å². The van der Waals surface area contributed by atoms with Crippen molar-refractivity contribution in [3.8, 4) is 5.75 Å². The zero-order valence-corrected chi connectivity index (χ0v) is 16.9. The highest BCUT2D eigenvalue weighted by Gasteiger charge is 2.26. The number of sulfone groups is 1. The summed E-state index contributed by atoms with van der Waals surface area (Å²) in [6, 6.07) is 6.72. The molecule has 3 rings (SSSR count). The van der Waals surface area contributed by atoms with Gasteiger partial charge in [0.05, 0.1) is 11.0 Å². The highest BCUT2D eigenvalue weighted by molar-refractivity contribution is 7.90. The third-order valence-corrected chi connectivity index (χ3v) is 6.25. The first-order chi connectivity index (χ1) is 12.9. The molecule has 0 bridgehead atoms. The minimum Gasteiger partial charge on any atom is -0.490 e. The zero-order chi connectivity index (χ0) is 19.4. The molecule has 0 spiro atoms. The predicted octanol–water partition coefficient (Wildman–Crippen LogP) is 3.13. The van der Waals surface area contributed by atoms with Crippen LogP contribution < -0.4 is 9.64 Å². The number of nitrogens with zero attached hydrogens (tertiary/aromatic N) is 3. The van der Waals surface area contributed by atoms with Gasteiger partial charge in [0.25, 0.3) is 0 Å². The number of aryl methyl sites for hydroxylation is 1. The molecule has 1 aromatic carbocycles. The molecular weight excluding hydrogens is 362 g/mol. The van der Waals surface area contributed by atoms with Gasteiger partial charge in [0.15, 0.2) is 9.84 Å². The Balaban J connectivity index is 1.57. The summed E-state index contributed by atoms with van der Waals surface area (Å²) in [5.41, 5.74) is 1.15. The standard InChI is InChI=1S/C20H27N3O3S/c1-4-16-13-21-20(22-14-16)23-10-8-17(9-11-23)15(2)26-18-6-5-7-19(12-18)27(3,24)25/h5-7,12-15,17H,4,8-11H2,1-3H3/t15-/m0/s1. The lowest BCUT2D eigenvalue weighted by molar-refractivity contribution is 0.132. The van der Waals surface area contributed by atoms with Crippen LogP contribution in [0.4, 0.5) is 5.95 Å².